The van der Waals surface area contributed by atoms with E-state index in [-0.39, 0.29) is 0 Å². The molecule has 0 N–H and O–H groups in total. The molecule has 1 aliphatic heterocycles. The quantitative estimate of drug-likeness (QED) is 0.573. The summed E-state index contributed by atoms with van der Waals surface area (Å²) in [6.07, 6.45) is 0. The van der Waals surface area contributed by atoms with Crippen LogP contribution in [0.3, 0.4) is 0 Å². The number of hydrogen-bond donors (Lipinski definition) is 0. The third kappa shape index (κ3) is 1.64. The lowest BCUT2D eigenvalue weighted by atomic mass is 10.0. The zero-order valence-electron chi connectivity index (χ0n) is 9.09. The minimum Gasteiger partial charge on any atom is -0.299 e. The van der Waals surface area contributed by atoms with Crippen molar-refractivity contribution in [2.45, 2.75) is 56.7 Å². The SMILES string of the molecule is CC1SC(C)(C)C(C)N(C)C1C. The maximum absolute atomic E-state index is 2.50. The summed E-state index contributed by atoms with van der Waals surface area (Å²) in [5, 5.41) is 0.751. The molecule has 0 radical (unpaired) electrons. The molecule has 0 saturated carbocycles. The summed E-state index contributed by atoms with van der Waals surface area (Å²) in [5.41, 5.74) is 0. The molecule has 0 aromatic heterocycles. The minimum atomic E-state index is 0.403. The predicted octanol–water partition coefficient (Wildman–Crippen LogP) is 2.61. The van der Waals surface area contributed by atoms with Gasteiger partial charge in [0.15, 0.2) is 0 Å². The van der Waals surface area contributed by atoms with E-state index >= 15 is 0 Å². The zero-order chi connectivity index (χ0) is 9.52. The van der Waals surface area contributed by atoms with Gasteiger partial charge >= 0.3 is 0 Å². The third-order valence-corrected chi connectivity index (χ3v) is 5.14. The number of nitrogens with zero attached hydrogens (tertiary/aromatic N) is 1. The summed E-state index contributed by atoms with van der Waals surface area (Å²) in [5.74, 6) is 0. The van der Waals surface area contributed by atoms with E-state index in [4.69, 9.17) is 0 Å². The van der Waals surface area contributed by atoms with Gasteiger partial charge in [-0.2, -0.15) is 0 Å². The molecule has 0 bridgehead atoms. The van der Waals surface area contributed by atoms with Crippen LogP contribution in [0.5, 0.6) is 0 Å². The van der Waals surface area contributed by atoms with Gasteiger partial charge in [-0.1, -0.05) is 6.92 Å². The van der Waals surface area contributed by atoms with Crippen LogP contribution >= 0.6 is 11.8 Å². The second-order valence-electron chi connectivity index (χ2n) is 4.51. The number of hydrogen-bond acceptors (Lipinski definition) is 2. The van der Waals surface area contributed by atoms with Crippen molar-refractivity contribution in [2.24, 2.45) is 0 Å². The van der Waals surface area contributed by atoms with Crippen LogP contribution in [0.15, 0.2) is 0 Å². The molecule has 0 spiro atoms. The molecule has 0 aromatic rings. The second-order valence-corrected chi connectivity index (χ2v) is 6.54. The van der Waals surface area contributed by atoms with Crippen molar-refractivity contribution in [1.29, 1.82) is 0 Å². The van der Waals surface area contributed by atoms with Crippen molar-refractivity contribution in [3.63, 3.8) is 0 Å². The standard InChI is InChI=1S/C10H21NS/c1-7-8(2)12-10(4,5)9(3)11(7)6/h7-9H,1-6H3. The number of rotatable bonds is 0. The first-order chi connectivity index (χ1) is 5.36. The van der Waals surface area contributed by atoms with Crippen LogP contribution < -0.4 is 0 Å². The van der Waals surface area contributed by atoms with Gasteiger partial charge in [-0.05, 0) is 34.7 Å². The average Bonchev–Trinajstić information content (AvgIpc) is 1.97. The smallest absolute Gasteiger partial charge is 0.0259 e. The maximum atomic E-state index is 2.50. The zero-order valence-corrected chi connectivity index (χ0v) is 9.90. The number of thioether (sulfide) groups is 1. The first-order valence-corrected chi connectivity index (χ1v) is 5.64. The van der Waals surface area contributed by atoms with Gasteiger partial charge in [-0.3, -0.25) is 4.90 Å². The summed E-state index contributed by atoms with van der Waals surface area (Å²) >= 11 is 2.12. The molecule has 0 amide bonds. The molecule has 0 aromatic carbocycles. The molecule has 3 unspecified atom stereocenters. The molecule has 12 heavy (non-hydrogen) atoms. The minimum absolute atomic E-state index is 0.403. The van der Waals surface area contributed by atoms with Crippen LogP contribution in [0.2, 0.25) is 0 Å². The Morgan fingerprint density at radius 1 is 1.17 bits per heavy atom. The Balaban J connectivity index is 2.78. The lowest BCUT2D eigenvalue weighted by molar-refractivity contribution is 0.156. The van der Waals surface area contributed by atoms with Crippen molar-refractivity contribution < 1.29 is 0 Å². The van der Waals surface area contributed by atoms with Crippen molar-refractivity contribution in [1.82, 2.24) is 4.90 Å². The van der Waals surface area contributed by atoms with Crippen LogP contribution in [0.25, 0.3) is 0 Å². The summed E-state index contributed by atoms with van der Waals surface area (Å²) < 4.78 is 0.403. The molecule has 1 rings (SSSR count). The fraction of sp³-hybridized carbons (Fsp3) is 1.00. The topological polar surface area (TPSA) is 3.24 Å². The van der Waals surface area contributed by atoms with Crippen LogP contribution in [0, 0.1) is 0 Å². The fourth-order valence-corrected chi connectivity index (χ4v) is 3.56. The molecule has 1 saturated heterocycles. The van der Waals surface area contributed by atoms with Crippen LogP contribution in [-0.4, -0.2) is 34.0 Å². The van der Waals surface area contributed by atoms with E-state index in [1.807, 2.05) is 0 Å². The Morgan fingerprint density at radius 3 is 2.17 bits per heavy atom. The van der Waals surface area contributed by atoms with Gasteiger partial charge in [0.2, 0.25) is 0 Å². The lowest BCUT2D eigenvalue weighted by Crippen LogP contribution is -2.55. The molecular weight excluding hydrogens is 166 g/mol. The van der Waals surface area contributed by atoms with Gasteiger partial charge in [0.05, 0.1) is 0 Å². The van der Waals surface area contributed by atoms with Crippen LogP contribution in [0.4, 0.5) is 0 Å². The van der Waals surface area contributed by atoms with E-state index in [0.717, 1.165) is 5.25 Å². The van der Waals surface area contributed by atoms with Crippen LogP contribution in [0.1, 0.15) is 34.6 Å². The van der Waals surface area contributed by atoms with Gasteiger partial charge in [0.25, 0.3) is 0 Å². The van der Waals surface area contributed by atoms with Gasteiger partial charge in [0.1, 0.15) is 0 Å². The van der Waals surface area contributed by atoms with E-state index in [1.165, 1.54) is 0 Å². The van der Waals surface area contributed by atoms with Crippen LogP contribution in [-0.2, 0) is 0 Å². The molecule has 3 atom stereocenters. The normalized spacial score (nSPS) is 43.0. The summed E-state index contributed by atoms with van der Waals surface area (Å²) in [7, 11) is 2.24. The highest BCUT2D eigenvalue weighted by Crippen LogP contribution is 2.41. The lowest BCUT2D eigenvalue weighted by Gasteiger charge is -2.49. The fourth-order valence-electron chi connectivity index (χ4n) is 1.85. The predicted molar refractivity (Wildman–Crippen MR) is 57.8 cm³/mol. The Labute approximate surface area is 80.9 Å². The monoisotopic (exact) mass is 187 g/mol. The van der Waals surface area contributed by atoms with E-state index in [9.17, 15) is 0 Å². The molecule has 0 aliphatic carbocycles. The van der Waals surface area contributed by atoms with Gasteiger partial charge in [-0.25, -0.2) is 0 Å². The van der Waals surface area contributed by atoms with E-state index in [0.29, 0.717) is 16.8 Å². The van der Waals surface area contributed by atoms with E-state index in [2.05, 4.69) is 58.3 Å². The molecular formula is C10H21NS. The summed E-state index contributed by atoms with van der Waals surface area (Å²) in [6, 6.07) is 1.38. The molecule has 2 heteroatoms. The molecule has 1 heterocycles. The highest BCUT2D eigenvalue weighted by molar-refractivity contribution is 8.01. The van der Waals surface area contributed by atoms with Crippen molar-refractivity contribution in [3.05, 3.63) is 0 Å². The van der Waals surface area contributed by atoms with E-state index < -0.39 is 0 Å². The Hall–Kier alpha value is 0.310. The second kappa shape index (κ2) is 3.22. The third-order valence-electron chi connectivity index (χ3n) is 3.43. The van der Waals surface area contributed by atoms with Crippen molar-refractivity contribution in [2.75, 3.05) is 7.05 Å². The maximum Gasteiger partial charge on any atom is 0.0259 e. The summed E-state index contributed by atoms with van der Waals surface area (Å²) in [6.45, 7) is 11.7. The summed E-state index contributed by atoms with van der Waals surface area (Å²) in [4.78, 5) is 2.50. The van der Waals surface area contributed by atoms with Crippen molar-refractivity contribution in [3.8, 4) is 0 Å². The highest BCUT2D eigenvalue weighted by atomic mass is 32.2. The van der Waals surface area contributed by atoms with E-state index in [1.54, 1.807) is 0 Å². The highest BCUT2D eigenvalue weighted by Gasteiger charge is 2.40. The van der Waals surface area contributed by atoms with Gasteiger partial charge in [0, 0.05) is 22.1 Å². The van der Waals surface area contributed by atoms with Gasteiger partial charge < -0.3 is 0 Å². The van der Waals surface area contributed by atoms with Gasteiger partial charge in [-0.15, -0.1) is 11.8 Å². The first kappa shape index (κ1) is 10.4. The Morgan fingerprint density at radius 2 is 1.67 bits per heavy atom. The molecule has 72 valence electrons. The first-order valence-electron chi connectivity index (χ1n) is 4.76. The molecule has 1 aliphatic rings. The Kier molecular flexibility index (Phi) is 2.79. The molecule has 1 nitrogen and oxygen atoms in total. The Bertz CT molecular complexity index is 167. The largest absolute Gasteiger partial charge is 0.299 e. The molecule has 1 fully saturated rings. The average molecular weight is 187 g/mol. The van der Waals surface area contributed by atoms with Crippen molar-refractivity contribution >= 4 is 11.8 Å².